The average Bonchev–Trinajstić information content (AvgIpc) is 3.80. The maximum absolute atomic E-state index is 6.92. The van der Waals surface area contributed by atoms with Gasteiger partial charge in [-0.2, -0.15) is 0 Å². The number of morpholine rings is 2. The molecule has 3 fully saturated rings. The third kappa shape index (κ3) is 8.49. The van der Waals surface area contributed by atoms with Crippen LogP contribution >= 0.6 is 0 Å². The zero-order valence-electron chi connectivity index (χ0n) is 28.4. The summed E-state index contributed by atoms with van der Waals surface area (Å²) in [6.07, 6.45) is 4.74. The summed E-state index contributed by atoms with van der Waals surface area (Å²) in [5.74, 6) is 0.785. The molecular weight excluding hydrogens is 552 g/mol. The second-order valence-electron chi connectivity index (χ2n) is 14.3. The highest BCUT2D eigenvalue weighted by molar-refractivity contribution is 5.52. The van der Waals surface area contributed by atoms with Crippen LogP contribution in [0.4, 0.5) is 11.4 Å². The third-order valence-electron chi connectivity index (χ3n) is 9.18. The van der Waals surface area contributed by atoms with E-state index in [1.807, 2.05) is 6.20 Å². The van der Waals surface area contributed by atoms with Crippen LogP contribution in [0.2, 0.25) is 0 Å². The topological polar surface area (TPSA) is 75.2 Å². The molecule has 5 rings (SSSR count). The van der Waals surface area contributed by atoms with Crippen LogP contribution < -0.4 is 15.1 Å². The Morgan fingerprint density at radius 3 is 2.39 bits per heavy atom. The molecule has 2 saturated heterocycles. The molecule has 2 aromatic rings. The number of ether oxygens (including phenoxy) is 3. The first-order valence-corrected chi connectivity index (χ1v) is 16.7. The fraction of sp³-hybridized carbons (Fsp3) is 0.714. The number of rotatable bonds is 13. The lowest BCUT2D eigenvalue weighted by Crippen LogP contribution is -2.62. The van der Waals surface area contributed by atoms with Gasteiger partial charge in [0.05, 0.1) is 54.8 Å². The van der Waals surface area contributed by atoms with Crippen molar-refractivity contribution in [1.29, 1.82) is 0 Å². The lowest BCUT2D eigenvalue weighted by molar-refractivity contribution is -0.0749. The molecule has 0 radical (unpaired) electrons. The quantitative estimate of drug-likeness (QED) is 0.345. The van der Waals surface area contributed by atoms with E-state index in [9.17, 15) is 0 Å². The highest BCUT2D eigenvalue weighted by Crippen LogP contribution is 2.31. The van der Waals surface area contributed by atoms with Gasteiger partial charge in [-0.3, -0.25) is 14.9 Å². The first-order chi connectivity index (χ1) is 21.0. The first kappa shape index (κ1) is 33.1. The van der Waals surface area contributed by atoms with Crippen molar-refractivity contribution < 1.29 is 14.2 Å². The van der Waals surface area contributed by atoms with Gasteiger partial charge in [0.2, 0.25) is 0 Å². The van der Waals surface area contributed by atoms with Gasteiger partial charge in [0, 0.05) is 69.3 Å². The van der Waals surface area contributed by atoms with E-state index in [-0.39, 0.29) is 23.9 Å². The molecule has 1 saturated carbocycles. The Morgan fingerprint density at radius 2 is 1.73 bits per heavy atom. The molecule has 9 nitrogen and oxygen atoms in total. The molecule has 0 aromatic carbocycles. The van der Waals surface area contributed by atoms with Crippen molar-refractivity contribution in [2.24, 2.45) is 0 Å². The summed E-state index contributed by atoms with van der Waals surface area (Å²) >= 11 is 0. The number of anilines is 2. The number of hydrogen-bond donors (Lipinski definition) is 1. The summed E-state index contributed by atoms with van der Waals surface area (Å²) in [5, 5.41) is 3.87. The minimum absolute atomic E-state index is 0.0509. The maximum Gasteiger partial charge on any atom is 0.0983 e. The second kappa shape index (κ2) is 14.4. The Balaban J connectivity index is 1.33. The highest BCUT2D eigenvalue weighted by atomic mass is 16.5. The summed E-state index contributed by atoms with van der Waals surface area (Å²) in [4.78, 5) is 17.3. The van der Waals surface area contributed by atoms with Crippen LogP contribution in [0.25, 0.3) is 0 Å². The predicted octanol–water partition coefficient (Wildman–Crippen LogP) is 4.81. The van der Waals surface area contributed by atoms with Crippen molar-refractivity contribution >= 4 is 11.4 Å². The number of nitrogens with zero attached hydrogens (tertiary/aromatic N) is 5. The lowest BCUT2D eigenvalue weighted by atomic mass is 9.94. The molecule has 9 heteroatoms. The molecule has 3 aliphatic rings. The molecule has 1 N–H and O–H groups in total. The fourth-order valence-electron chi connectivity index (χ4n) is 6.45. The van der Waals surface area contributed by atoms with Gasteiger partial charge in [0.25, 0.3) is 0 Å². The van der Waals surface area contributed by atoms with E-state index in [4.69, 9.17) is 24.2 Å². The van der Waals surface area contributed by atoms with Crippen LogP contribution in [0.5, 0.6) is 0 Å². The van der Waals surface area contributed by atoms with Gasteiger partial charge in [-0.1, -0.05) is 27.7 Å². The Labute approximate surface area is 265 Å². The van der Waals surface area contributed by atoms with Crippen molar-refractivity contribution in [3.8, 4) is 0 Å². The molecule has 2 aromatic heterocycles. The van der Waals surface area contributed by atoms with Gasteiger partial charge in [-0.25, -0.2) is 0 Å². The van der Waals surface area contributed by atoms with E-state index in [0.717, 1.165) is 56.4 Å². The van der Waals surface area contributed by atoms with Crippen LogP contribution in [-0.4, -0.2) is 105 Å². The predicted molar refractivity (Wildman–Crippen MR) is 178 cm³/mol. The molecule has 0 bridgehead atoms. The van der Waals surface area contributed by atoms with Crippen molar-refractivity contribution in [3.05, 3.63) is 47.5 Å². The SMILES string of the molecule is COCC1CN(c2ccc(C(C)C)nc2CN(C)CC2CN(c3ccc(C(C)C)nc3)C[C@@H](C(C)(C)NC3CC3)O2)CCO1. The van der Waals surface area contributed by atoms with Crippen molar-refractivity contribution in [1.82, 2.24) is 20.2 Å². The number of aromatic nitrogens is 2. The minimum Gasteiger partial charge on any atom is -0.382 e. The van der Waals surface area contributed by atoms with Crippen molar-refractivity contribution in [2.45, 2.75) is 103 Å². The summed E-state index contributed by atoms with van der Waals surface area (Å²) in [5.41, 5.74) is 5.61. The number of nitrogens with one attached hydrogen (secondary N) is 1. The highest BCUT2D eigenvalue weighted by Gasteiger charge is 2.41. The van der Waals surface area contributed by atoms with Crippen LogP contribution in [-0.2, 0) is 20.8 Å². The number of likely N-dealkylation sites (N-methyl/N-ethyl adjacent to an activating group) is 1. The van der Waals surface area contributed by atoms with E-state index in [1.54, 1.807) is 7.11 Å². The largest absolute Gasteiger partial charge is 0.382 e. The molecule has 0 amide bonds. The molecular formula is C35H56N6O3. The third-order valence-corrected chi connectivity index (χ3v) is 9.18. The Kier molecular flexibility index (Phi) is 10.8. The molecule has 44 heavy (non-hydrogen) atoms. The average molecular weight is 609 g/mol. The molecule has 2 aliphatic heterocycles. The number of hydrogen-bond acceptors (Lipinski definition) is 9. The molecule has 4 heterocycles. The van der Waals surface area contributed by atoms with Crippen LogP contribution in [0.15, 0.2) is 30.5 Å². The summed E-state index contributed by atoms with van der Waals surface area (Å²) in [6.45, 7) is 19.6. The normalized spacial score (nSPS) is 23.3. The van der Waals surface area contributed by atoms with Gasteiger partial charge < -0.3 is 29.3 Å². The zero-order valence-corrected chi connectivity index (χ0v) is 28.4. The van der Waals surface area contributed by atoms with Crippen molar-refractivity contribution in [3.63, 3.8) is 0 Å². The molecule has 244 valence electrons. The van der Waals surface area contributed by atoms with Crippen LogP contribution in [0.1, 0.15) is 83.3 Å². The Hall–Kier alpha value is -2.30. The van der Waals surface area contributed by atoms with E-state index in [2.05, 4.69) is 92.9 Å². The maximum atomic E-state index is 6.92. The zero-order chi connectivity index (χ0) is 31.4. The smallest absolute Gasteiger partial charge is 0.0983 e. The summed E-state index contributed by atoms with van der Waals surface area (Å²) < 4.78 is 18.3. The summed E-state index contributed by atoms with van der Waals surface area (Å²) in [7, 11) is 3.94. The molecule has 2 unspecified atom stereocenters. The minimum atomic E-state index is -0.128. The van der Waals surface area contributed by atoms with Crippen LogP contribution in [0.3, 0.4) is 0 Å². The molecule has 0 spiro atoms. The van der Waals surface area contributed by atoms with Gasteiger partial charge in [0.15, 0.2) is 0 Å². The van der Waals surface area contributed by atoms with E-state index < -0.39 is 0 Å². The van der Waals surface area contributed by atoms with Crippen molar-refractivity contribution in [2.75, 3.05) is 69.9 Å². The van der Waals surface area contributed by atoms with Crippen LogP contribution in [0, 0.1) is 0 Å². The second-order valence-corrected chi connectivity index (χ2v) is 14.3. The van der Waals surface area contributed by atoms with Gasteiger partial charge in [0.1, 0.15) is 0 Å². The number of pyridine rings is 2. The van der Waals surface area contributed by atoms with Gasteiger partial charge >= 0.3 is 0 Å². The van der Waals surface area contributed by atoms with E-state index in [1.165, 1.54) is 24.2 Å². The van der Waals surface area contributed by atoms with Gasteiger partial charge in [-0.15, -0.1) is 0 Å². The fourth-order valence-corrected chi connectivity index (χ4v) is 6.45. The number of methoxy groups -OCH3 is 1. The molecule has 1 aliphatic carbocycles. The monoisotopic (exact) mass is 608 g/mol. The Morgan fingerprint density at radius 1 is 1.00 bits per heavy atom. The lowest BCUT2D eigenvalue weighted by Gasteiger charge is -2.46. The Bertz CT molecular complexity index is 1200. The molecule has 3 atom stereocenters. The first-order valence-electron chi connectivity index (χ1n) is 16.7. The van der Waals surface area contributed by atoms with E-state index >= 15 is 0 Å². The summed E-state index contributed by atoms with van der Waals surface area (Å²) in [6, 6.07) is 9.47. The van der Waals surface area contributed by atoms with Gasteiger partial charge in [-0.05, 0) is 69.8 Å². The van der Waals surface area contributed by atoms with E-state index in [0.29, 0.717) is 31.1 Å². The standard InChI is InChI=1S/C35H56N6O3/c1-24(2)30-12-11-27(17-36-30)41-19-28(44-34(22-41)35(5,6)38-26-9-10-26)18-39(7)21-32-33(14-13-31(37-32)25(3)4)40-15-16-43-29(20-40)23-42-8/h11-14,17,24-26,28-29,34,38H,9-10,15-16,18-23H2,1-8H3/t28?,29?,34-/m0/s1.